The molecule has 0 aliphatic carbocycles. The molecule has 0 aliphatic rings. The highest BCUT2D eigenvalue weighted by Gasteiger charge is 2.16. The Morgan fingerprint density at radius 2 is 2.00 bits per heavy atom. The first kappa shape index (κ1) is 16.6. The summed E-state index contributed by atoms with van der Waals surface area (Å²) in [5, 5.41) is 2.84. The van der Waals surface area contributed by atoms with Gasteiger partial charge in [0.05, 0.1) is 12.9 Å². The molecule has 2 heterocycles. The molecule has 128 valence electrons. The molecule has 0 saturated heterocycles. The predicted molar refractivity (Wildman–Crippen MR) is 92.0 cm³/mol. The standard InChI is InChI=1S/C18H17FN4O2/c1-3-25-15-10-13(8-9-20-15)18(24)22-17-16(21-11-23(17)2)12-4-6-14(19)7-5-12/h4-11H,3H2,1-2H3,(H,22,24). The molecular weight excluding hydrogens is 323 g/mol. The lowest BCUT2D eigenvalue weighted by Crippen LogP contribution is -2.15. The maximum atomic E-state index is 13.1. The number of halogens is 1. The third-order valence-corrected chi connectivity index (χ3v) is 3.58. The summed E-state index contributed by atoms with van der Waals surface area (Å²) < 4.78 is 20.1. The van der Waals surface area contributed by atoms with Gasteiger partial charge in [-0.1, -0.05) is 0 Å². The molecule has 3 rings (SSSR count). The van der Waals surface area contributed by atoms with Crippen molar-refractivity contribution in [2.24, 2.45) is 7.05 Å². The Morgan fingerprint density at radius 3 is 2.72 bits per heavy atom. The average molecular weight is 340 g/mol. The van der Waals surface area contributed by atoms with Crippen LogP contribution in [0.5, 0.6) is 5.88 Å². The minimum atomic E-state index is -0.328. The number of aryl methyl sites for hydroxylation is 1. The molecule has 1 N–H and O–H groups in total. The molecule has 25 heavy (non-hydrogen) atoms. The van der Waals surface area contributed by atoms with Crippen LogP contribution in [0, 0.1) is 5.82 Å². The van der Waals surface area contributed by atoms with E-state index in [4.69, 9.17) is 4.74 Å². The SMILES string of the molecule is CCOc1cc(C(=O)Nc2c(-c3ccc(F)cc3)ncn2C)ccn1. The summed E-state index contributed by atoms with van der Waals surface area (Å²) in [4.78, 5) is 20.9. The Hall–Kier alpha value is -3.22. The van der Waals surface area contributed by atoms with E-state index in [0.717, 1.165) is 0 Å². The lowest BCUT2D eigenvalue weighted by atomic mass is 10.1. The number of anilines is 1. The van der Waals surface area contributed by atoms with Crippen molar-refractivity contribution < 1.29 is 13.9 Å². The molecule has 0 bridgehead atoms. The number of rotatable bonds is 5. The van der Waals surface area contributed by atoms with Crippen LogP contribution < -0.4 is 10.1 Å². The van der Waals surface area contributed by atoms with Crippen LogP contribution in [0.4, 0.5) is 10.2 Å². The highest BCUT2D eigenvalue weighted by atomic mass is 19.1. The summed E-state index contributed by atoms with van der Waals surface area (Å²) >= 11 is 0. The van der Waals surface area contributed by atoms with E-state index < -0.39 is 0 Å². The van der Waals surface area contributed by atoms with Crippen LogP contribution >= 0.6 is 0 Å². The van der Waals surface area contributed by atoms with Crippen molar-refractivity contribution in [1.82, 2.24) is 14.5 Å². The predicted octanol–water partition coefficient (Wildman–Crippen LogP) is 3.27. The Kier molecular flexibility index (Phi) is 4.74. The van der Waals surface area contributed by atoms with Crippen LogP contribution in [0.2, 0.25) is 0 Å². The van der Waals surface area contributed by atoms with Gasteiger partial charge in [0.15, 0.2) is 0 Å². The topological polar surface area (TPSA) is 69.0 Å². The number of imidazole rings is 1. The van der Waals surface area contributed by atoms with Gasteiger partial charge in [-0.15, -0.1) is 0 Å². The largest absolute Gasteiger partial charge is 0.478 e. The number of pyridine rings is 1. The lowest BCUT2D eigenvalue weighted by molar-refractivity contribution is 0.102. The Bertz CT molecular complexity index is 890. The molecule has 0 fully saturated rings. The molecule has 0 saturated carbocycles. The van der Waals surface area contributed by atoms with Crippen LogP contribution in [0.3, 0.4) is 0 Å². The van der Waals surface area contributed by atoms with Crippen molar-refractivity contribution in [2.75, 3.05) is 11.9 Å². The van der Waals surface area contributed by atoms with Crippen LogP contribution in [-0.4, -0.2) is 27.0 Å². The summed E-state index contributed by atoms with van der Waals surface area (Å²) in [5.41, 5.74) is 1.70. The first-order valence-corrected chi connectivity index (χ1v) is 7.76. The monoisotopic (exact) mass is 340 g/mol. The van der Waals surface area contributed by atoms with Gasteiger partial charge in [0.1, 0.15) is 17.3 Å². The van der Waals surface area contributed by atoms with Gasteiger partial charge in [0.25, 0.3) is 5.91 Å². The van der Waals surface area contributed by atoms with Crippen molar-refractivity contribution in [3.63, 3.8) is 0 Å². The van der Waals surface area contributed by atoms with Gasteiger partial charge < -0.3 is 14.6 Å². The fourth-order valence-electron chi connectivity index (χ4n) is 2.35. The van der Waals surface area contributed by atoms with E-state index >= 15 is 0 Å². The van der Waals surface area contributed by atoms with Crippen molar-refractivity contribution in [3.05, 3.63) is 60.3 Å². The zero-order valence-electron chi connectivity index (χ0n) is 13.9. The third kappa shape index (κ3) is 3.65. The smallest absolute Gasteiger partial charge is 0.257 e. The number of carbonyl (C=O) groups is 1. The first-order chi connectivity index (χ1) is 12.1. The summed E-state index contributed by atoms with van der Waals surface area (Å²) in [5.74, 6) is 0.270. The minimum absolute atomic E-state index is 0.310. The number of nitrogens with one attached hydrogen (secondary N) is 1. The van der Waals surface area contributed by atoms with Gasteiger partial charge in [-0.05, 0) is 37.3 Å². The first-order valence-electron chi connectivity index (χ1n) is 7.76. The number of hydrogen-bond acceptors (Lipinski definition) is 4. The number of aromatic nitrogens is 3. The number of carbonyl (C=O) groups excluding carboxylic acids is 1. The van der Waals surface area contributed by atoms with E-state index in [1.165, 1.54) is 18.3 Å². The van der Waals surface area contributed by atoms with Crippen LogP contribution in [0.25, 0.3) is 11.3 Å². The van der Waals surface area contributed by atoms with Gasteiger partial charge in [-0.25, -0.2) is 14.4 Å². The van der Waals surface area contributed by atoms with Crippen molar-refractivity contribution >= 4 is 11.7 Å². The fourth-order valence-corrected chi connectivity index (χ4v) is 2.35. The van der Waals surface area contributed by atoms with Gasteiger partial charge in [-0.3, -0.25) is 4.79 Å². The van der Waals surface area contributed by atoms with Gasteiger partial charge in [0, 0.05) is 30.4 Å². The number of amides is 1. The Morgan fingerprint density at radius 1 is 1.24 bits per heavy atom. The summed E-state index contributed by atoms with van der Waals surface area (Å²) in [6.07, 6.45) is 3.11. The molecular formula is C18H17FN4O2. The van der Waals surface area contributed by atoms with E-state index in [0.29, 0.717) is 35.1 Å². The van der Waals surface area contributed by atoms with Crippen molar-refractivity contribution in [1.29, 1.82) is 0 Å². The Labute approximate surface area is 144 Å². The molecule has 0 atom stereocenters. The van der Waals surface area contributed by atoms with Crippen LogP contribution in [-0.2, 0) is 7.05 Å². The second-order valence-electron chi connectivity index (χ2n) is 5.33. The highest BCUT2D eigenvalue weighted by molar-refractivity contribution is 6.05. The van der Waals surface area contributed by atoms with E-state index in [-0.39, 0.29) is 11.7 Å². The second kappa shape index (κ2) is 7.12. The molecule has 6 nitrogen and oxygen atoms in total. The number of benzene rings is 1. The zero-order valence-corrected chi connectivity index (χ0v) is 13.9. The molecule has 2 aromatic heterocycles. The Balaban J connectivity index is 1.88. The summed E-state index contributed by atoms with van der Waals surface area (Å²) in [6.45, 7) is 2.31. The highest BCUT2D eigenvalue weighted by Crippen LogP contribution is 2.26. The summed E-state index contributed by atoms with van der Waals surface area (Å²) in [7, 11) is 1.77. The van der Waals surface area contributed by atoms with Gasteiger partial charge in [0.2, 0.25) is 5.88 Å². The molecule has 0 radical (unpaired) electrons. The van der Waals surface area contributed by atoms with E-state index in [9.17, 15) is 9.18 Å². The number of hydrogen-bond donors (Lipinski definition) is 1. The maximum Gasteiger partial charge on any atom is 0.257 e. The van der Waals surface area contributed by atoms with Crippen LogP contribution in [0.15, 0.2) is 48.9 Å². The molecule has 7 heteroatoms. The maximum absolute atomic E-state index is 13.1. The zero-order chi connectivity index (χ0) is 17.8. The van der Waals surface area contributed by atoms with E-state index in [1.54, 1.807) is 42.2 Å². The van der Waals surface area contributed by atoms with E-state index in [1.807, 2.05) is 6.92 Å². The van der Waals surface area contributed by atoms with Gasteiger partial charge >= 0.3 is 0 Å². The number of nitrogens with zero attached hydrogens (tertiary/aromatic N) is 3. The summed E-state index contributed by atoms with van der Waals surface area (Å²) in [6, 6.07) is 9.12. The van der Waals surface area contributed by atoms with Crippen molar-refractivity contribution in [2.45, 2.75) is 6.92 Å². The van der Waals surface area contributed by atoms with Gasteiger partial charge in [-0.2, -0.15) is 0 Å². The molecule has 0 aliphatic heterocycles. The molecule has 1 aromatic carbocycles. The van der Waals surface area contributed by atoms with Crippen LogP contribution in [0.1, 0.15) is 17.3 Å². The third-order valence-electron chi connectivity index (χ3n) is 3.58. The van der Waals surface area contributed by atoms with Crippen molar-refractivity contribution in [3.8, 4) is 17.1 Å². The quantitative estimate of drug-likeness (QED) is 0.774. The fraction of sp³-hybridized carbons (Fsp3) is 0.167. The molecule has 1 amide bonds. The number of ether oxygens (including phenoxy) is 1. The lowest BCUT2D eigenvalue weighted by Gasteiger charge is -2.09. The molecule has 0 spiro atoms. The minimum Gasteiger partial charge on any atom is -0.478 e. The molecule has 3 aromatic rings. The molecule has 0 unspecified atom stereocenters. The normalized spacial score (nSPS) is 10.5. The second-order valence-corrected chi connectivity index (χ2v) is 5.33. The average Bonchev–Trinajstić information content (AvgIpc) is 2.97. The van der Waals surface area contributed by atoms with E-state index in [2.05, 4.69) is 15.3 Å².